The van der Waals surface area contributed by atoms with Gasteiger partial charge in [-0.1, -0.05) is 18.3 Å². The molecule has 0 unspecified atom stereocenters. The van der Waals surface area contributed by atoms with Gasteiger partial charge in [0.05, 0.1) is 16.1 Å². The third-order valence-corrected chi connectivity index (χ3v) is 2.35. The Morgan fingerprint density at radius 3 is 2.75 bits per heavy atom. The summed E-state index contributed by atoms with van der Waals surface area (Å²) in [4.78, 5) is 14.5. The fourth-order valence-electron chi connectivity index (χ4n) is 1.36. The number of fused-ring (bicyclic) bond motifs is 1. The van der Waals surface area contributed by atoms with Crippen LogP contribution in [0.3, 0.4) is 0 Å². The SMILES string of the molecule is NC(=S)c1ccc2cc([N+](=O)[O-])ccc2n1. The lowest BCUT2D eigenvalue weighted by atomic mass is 10.2. The van der Waals surface area contributed by atoms with E-state index >= 15 is 0 Å². The van der Waals surface area contributed by atoms with E-state index in [-0.39, 0.29) is 10.7 Å². The van der Waals surface area contributed by atoms with Gasteiger partial charge in [-0.15, -0.1) is 0 Å². The van der Waals surface area contributed by atoms with Crippen molar-refractivity contribution in [2.75, 3.05) is 0 Å². The van der Waals surface area contributed by atoms with Gasteiger partial charge in [-0.05, 0) is 12.1 Å². The number of nitrogens with two attached hydrogens (primary N) is 1. The number of hydrogen-bond acceptors (Lipinski definition) is 4. The summed E-state index contributed by atoms with van der Waals surface area (Å²) in [5.41, 5.74) is 6.63. The lowest BCUT2D eigenvalue weighted by Crippen LogP contribution is -2.11. The second-order valence-electron chi connectivity index (χ2n) is 3.19. The summed E-state index contributed by atoms with van der Waals surface area (Å²) in [6, 6.07) is 7.80. The smallest absolute Gasteiger partial charge is 0.270 e. The highest BCUT2D eigenvalue weighted by Gasteiger charge is 2.07. The Morgan fingerprint density at radius 1 is 1.38 bits per heavy atom. The van der Waals surface area contributed by atoms with Crippen molar-refractivity contribution in [3.8, 4) is 0 Å². The largest absolute Gasteiger partial charge is 0.388 e. The fraction of sp³-hybridized carbons (Fsp3) is 0. The van der Waals surface area contributed by atoms with Crippen LogP contribution < -0.4 is 5.73 Å². The zero-order chi connectivity index (χ0) is 11.7. The predicted octanol–water partition coefficient (Wildman–Crippen LogP) is 1.78. The summed E-state index contributed by atoms with van der Waals surface area (Å²) in [5.74, 6) is 0. The Morgan fingerprint density at radius 2 is 2.12 bits per heavy atom. The average molecular weight is 233 g/mol. The average Bonchev–Trinajstić information content (AvgIpc) is 2.27. The molecule has 0 amide bonds. The first kappa shape index (κ1) is 10.4. The Kier molecular flexibility index (Phi) is 2.49. The Labute approximate surface area is 96.0 Å². The van der Waals surface area contributed by atoms with Crippen LogP contribution in [0, 0.1) is 10.1 Å². The molecule has 16 heavy (non-hydrogen) atoms. The van der Waals surface area contributed by atoms with Crippen LogP contribution in [0.2, 0.25) is 0 Å². The van der Waals surface area contributed by atoms with Gasteiger partial charge in [-0.2, -0.15) is 0 Å². The molecule has 0 aliphatic rings. The number of nitrogens with zero attached hydrogens (tertiary/aromatic N) is 2. The van der Waals surface area contributed by atoms with Crippen molar-refractivity contribution in [3.05, 3.63) is 46.1 Å². The summed E-state index contributed by atoms with van der Waals surface area (Å²) < 4.78 is 0. The maximum atomic E-state index is 10.6. The van der Waals surface area contributed by atoms with Crippen molar-refractivity contribution in [2.24, 2.45) is 5.73 Å². The molecule has 5 nitrogen and oxygen atoms in total. The molecule has 0 saturated heterocycles. The van der Waals surface area contributed by atoms with Gasteiger partial charge in [-0.25, -0.2) is 4.98 Å². The first-order chi connectivity index (χ1) is 7.58. The molecule has 1 heterocycles. The lowest BCUT2D eigenvalue weighted by molar-refractivity contribution is -0.384. The highest BCUT2D eigenvalue weighted by atomic mass is 32.1. The van der Waals surface area contributed by atoms with E-state index in [0.717, 1.165) is 0 Å². The minimum absolute atomic E-state index is 0.0392. The van der Waals surface area contributed by atoms with E-state index < -0.39 is 4.92 Å². The molecular formula is C10H7N3O2S. The number of rotatable bonds is 2. The number of hydrogen-bond donors (Lipinski definition) is 1. The standard InChI is InChI=1S/C10H7N3O2S/c11-10(16)9-3-1-6-5-7(13(14)15)2-4-8(6)12-9/h1-5H,(H2,11,16). The van der Waals surface area contributed by atoms with E-state index in [1.54, 1.807) is 18.2 Å². The number of nitro groups is 1. The highest BCUT2D eigenvalue weighted by Crippen LogP contribution is 2.19. The topological polar surface area (TPSA) is 82.0 Å². The summed E-state index contributed by atoms with van der Waals surface area (Å²) in [7, 11) is 0. The third-order valence-electron chi connectivity index (χ3n) is 2.14. The third kappa shape index (κ3) is 1.82. The molecule has 2 aromatic rings. The van der Waals surface area contributed by atoms with Crippen LogP contribution >= 0.6 is 12.2 Å². The van der Waals surface area contributed by atoms with E-state index in [2.05, 4.69) is 4.98 Å². The zero-order valence-corrected chi connectivity index (χ0v) is 8.90. The van der Waals surface area contributed by atoms with Crippen LogP contribution in [0.25, 0.3) is 10.9 Å². The van der Waals surface area contributed by atoms with Gasteiger partial charge in [0.2, 0.25) is 0 Å². The van der Waals surface area contributed by atoms with Gasteiger partial charge in [0.25, 0.3) is 5.69 Å². The normalized spacial score (nSPS) is 10.2. The highest BCUT2D eigenvalue weighted by molar-refractivity contribution is 7.80. The van der Waals surface area contributed by atoms with Crippen LogP contribution in [0.15, 0.2) is 30.3 Å². The number of benzene rings is 1. The van der Waals surface area contributed by atoms with E-state index in [1.807, 2.05) is 0 Å². The Bertz CT molecular complexity index is 544. The van der Waals surface area contributed by atoms with Crippen LogP contribution in [0.1, 0.15) is 5.69 Å². The van der Waals surface area contributed by atoms with E-state index in [1.165, 1.54) is 12.1 Å². The summed E-state index contributed by atoms with van der Waals surface area (Å²) in [6.45, 7) is 0. The maximum Gasteiger partial charge on any atom is 0.270 e. The predicted molar refractivity (Wildman–Crippen MR) is 64.3 cm³/mol. The molecule has 0 aliphatic heterocycles. The van der Waals surface area contributed by atoms with Gasteiger partial charge < -0.3 is 5.73 Å². The summed E-state index contributed by atoms with van der Waals surface area (Å²) in [6.07, 6.45) is 0. The minimum atomic E-state index is -0.444. The molecule has 6 heteroatoms. The second kappa shape index (κ2) is 3.82. The van der Waals surface area contributed by atoms with Crippen molar-refractivity contribution < 1.29 is 4.92 Å². The number of pyridine rings is 1. The van der Waals surface area contributed by atoms with Crippen molar-refractivity contribution in [2.45, 2.75) is 0 Å². The van der Waals surface area contributed by atoms with Gasteiger partial charge >= 0.3 is 0 Å². The summed E-state index contributed by atoms with van der Waals surface area (Å²) in [5, 5.41) is 11.3. The first-order valence-electron chi connectivity index (χ1n) is 4.43. The number of non-ortho nitro benzene ring substituents is 1. The molecule has 1 aromatic heterocycles. The monoisotopic (exact) mass is 233 g/mol. The van der Waals surface area contributed by atoms with Crippen molar-refractivity contribution >= 4 is 33.8 Å². The van der Waals surface area contributed by atoms with Crippen LogP contribution in [-0.4, -0.2) is 14.9 Å². The van der Waals surface area contributed by atoms with Gasteiger partial charge in [0.1, 0.15) is 4.99 Å². The fourth-order valence-corrected chi connectivity index (χ4v) is 1.48. The van der Waals surface area contributed by atoms with Gasteiger partial charge in [-0.3, -0.25) is 10.1 Å². The summed E-state index contributed by atoms with van der Waals surface area (Å²) >= 11 is 4.80. The van der Waals surface area contributed by atoms with E-state index in [4.69, 9.17) is 18.0 Å². The number of aromatic nitrogens is 1. The van der Waals surface area contributed by atoms with Crippen molar-refractivity contribution in [3.63, 3.8) is 0 Å². The molecule has 80 valence electrons. The zero-order valence-electron chi connectivity index (χ0n) is 8.08. The molecule has 0 radical (unpaired) electrons. The molecule has 2 N–H and O–H groups in total. The van der Waals surface area contributed by atoms with E-state index in [0.29, 0.717) is 16.6 Å². The number of thiocarbonyl (C=S) groups is 1. The Hall–Kier alpha value is -2.08. The molecule has 1 aromatic carbocycles. The Balaban J connectivity index is 2.61. The molecule has 0 fully saturated rings. The molecule has 0 aliphatic carbocycles. The quantitative estimate of drug-likeness (QED) is 0.485. The lowest BCUT2D eigenvalue weighted by Gasteiger charge is -2.00. The van der Waals surface area contributed by atoms with Crippen molar-refractivity contribution in [1.82, 2.24) is 4.98 Å². The molecule has 0 bridgehead atoms. The van der Waals surface area contributed by atoms with Crippen LogP contribution in [0.4, 0.5) is 5.69 Å². The maximum absolute atomic E-state index is 10.6. The second-order valence-corrected chi connectivity index (χ2v) is 3.63. The molecular weight excluding hydrogens is 226 g/mol. The van der Waals surface area contributed by atoms with Crippen LogP contribution in [-0.2, 0) is 0 Å². The van der Waals surface area contributed by atoms with Crippen LogP contribution in [0.5, 0.6) is 0 Å². The van der Waals surface area contributed by atoms with E-state index in [9.17, 15) is 10.1 Å². The number of nitro benzene ring substituents is 1. The minimum Gasteiger partial charge on any atom is -0.388 e. The molecule has 0 saturated carbocycles. The van der Waals surface area contributed by atoms with Crippen molar-refractivity contribution in [1.29, 1.82) is 0 Å². The first-order valence-corrected chi connectivity index (χ1v) is 4.84. The molecule has 0 atom stereocenters. The van der Waals surface area contributed by atoms with Gasteiger partial charge in [0, 0.05) is 17.5 Å². The molecule has 2 rings (SSSR count). The van der Waals surface area contributed by atoms with Gasteiger partial charge in [0.15, 0.2) is 0 Å². The molecule has 0 spiro atoms.